The summed E-state index contributed by atoms with van der Waals surface area (Å²) in [5, 5.41) is 3.54. The Hall–Kier alpha value is -0.410. The predicted molar refractivity (Wildman–Crippen MR) is 72.5 cm³/mol. The van der Waals surface area contributed by atoms with Gasteiger partial charge in [0.1, 0.15) is 5.82 Å². The molecule has 2 rings (SSSR count). The maximum Gasteiger partial charge on any atom is 0.129 e. The summed E-state index contributed by atoms with van der Waals surface area (Å²) in [6.07, 6.45) is 6.39. The molecule has 1 unspecified atom stereocenters. The van der Waals surface area contributed by atoms with Gasteiger partial charge in [-0.2, -0.15) is 0 Å². The molecule has 0 radical (unpaired) electrons. The van der Waals surface area contributed by atoms with Crippen LogP contribution in [0.3, 0.4) is 0 Å². The van der Waals surface area contributed by atoms with E-state index in [4.69, 9.17) is 0 Å². The first-order valence-corrected chi connectivity index (χ1v) is 7.17. The minimum Gasteiger partial charge on any atom is -0.307 e. The van der Waals surface area contributed by atoms with Crippen molar-refractivity contribution in [2.75, 3.05) is 0 Å². The molecule has 0 bridgehead atoms. The van der Waals surface area contributed by atoms with E-state index in [9.17, 15) is 4.39 Å². The fraction of sp³-hybridized carbons (Fsp3) is 0.571. The van der Waals surface area contributed by atoms with Crippen LogP contribution in [0.5, 0.6) is 0 Å². The van der Waals surface area contributed by atoms with Gasteiger partial charge in [0, 0.05) is 22.1 Å². The predicted octanol–water partition coefficient (Wildman–Crippen LogP) is 4.57. The van der Waals surface area contributed by atoms with Gasteiger partial charge >= 0.3 is 0 Å². The van der Waals surface area contributed by atoms with E-state index < -0.39 is 0 Å². The van der Waals surface area contributed by atoms with Crippen molar-refractivity contribution in [2.24, 2.45) is 0 Å². The lowest BCUT2D eigenvalue weighted by atomic mass is 9.94. The maximum atomic E-state index is 13.8. The largest absolute Gasteiger partial charge is 0.307 e. The third kappa shape index (κ3) is 3.52. The van der Waals surface area contributed by atoms with Gasteiger partial charge in [-0.15, -0.1) is 0 Å². The van der Waals surface area contributed by atoms with Gasteiger partial charge < -0.3 is 5.32 Å². The molecule has 1 aliphatic carbocycles. The Morgan fingerprint density at radius 1 is 1.29 bits per heavy atom. The second-order valence-corrected chi connectivity index (χ2v) is 5.80. The van der Waals surface area contributed by atoms with Crippen molar-refractivity contribution in [3.8, 4) is 0 Å². The van der Waals surface area contributed by atoms with Crippen molar-refractivity contribution in [3.05, 3.63) is 34.1 Å². The molecule has 0 saturated heterocycles. The van der Waals surface area contributed by atoms with E-state index >= 15 is 0 Å². The van der Waals surface area contributed by atoms with E-state index in [1.807, 2.05) is 19.1 Å². The molecule has 1 N–H and O–H groups in total. The van der Waals surface area contributed by atoms with Crippen LogP contribution < -0.4 is 5.32 Å². The summed E-state index contributed by atoms with van der Waals surface area (Å²) in [7, 11) is 0. The third-order valence-corrected chi connectivity index (χ3v) is 4.01. The highest BCUT2D eigenvalue weighted by atomic mass is 79.9. The molecule has 1 nitrogen and oxygen atoms in total. The molecule has 17 heavy (non-hydrogen) atoms. The second kappa shape index (κ2) is 5.96. The molecule has 1 saturated carbocycles. The first-order valence-electron chi connectivity index (χ1n) is 6.38. The standard InChI is InChI=1S/C14H19BrFN/c1-10(17-12-5-3-2-4-6-12)13-8-7-11(15)9-14(13)16/h7-10,12,17H,2-6H2,1H3. The number of benzene rings is 1. The molecular weight excluding hydrogens is 281 g/mol. The van der Waals surface area contributed by atoms with Crippen molar-refractivity contribution < 1.29 is 4.39 Å². The summed E-state index contributed by atoms with van der Waals surface area (Å²) in [4.78, 5) is 0. The van der Waals surface area contributed by atoms with E-state index in [1.165, 1.54) is 38.2 Å². The lowest BCUT2D eigenvalue weighted by Crippen LogP contribution is -2.33. The van der Waals surface area contributed by atoms with Gasteiger partial charge in [0.05, 0.1) is 0 Å². The van der Waals surface area contributed by atoms with E-state index in [0.29, 0.717) is 6.04 Å². The Labute approximate surface area is 111 Å². The normalized spacial score (nSPS) is 19.2. The Balaban J connectivity index is 2.00. The highest BCUT2D eigenvalue weighted by Gasteiger charge is 2.18. The summed E-state index contributed by atoms with van der Waals surface area (Å²) in [6, 6.07) is 5.94. The summed E-state index contributed by atoms with van der Waals surface area (Å²) in [6.45, 7) is 2.04. The summed E-state index contributed by atoms with van der Waals surface area (Å²) in [5.74, 6) is -0.129. The van der Waals surface area contributed by atoms with Crippen molar-refractivity contribution in [1.29, 1.82) is 0 Å². The fourth-order valence-electron chi connectivity index (χ4n) is 2.57. The van der Waals surface area contributed by atoms with Crippen molar-refractivity contribution in [1.82, 2.24) is 5.32 Å². The number of nitrogens with one attached hydrogen (secondary N) is 1. The quantitative estimate of drug-likeness (QED) is 0.862. The second-order valence-electron chi connectivity index (χ2n) is 4.89. The molecule has 0 aromatic heterocycles. The van der Waals surface area contributed by atoms with Crippen LogP contribution in [0.4, 0.5) is 4.39 Å². The average Bonchev–Trinajstić information content (AvgIpc) is 2.30. The minimum absolute atomic E-state index is 0.0891. The zero-order valence-corrected chi connectivity index (χ0v) is 11.8. The SMILES string of the molecule is CC(NC1CCCCC1)c1ccc(Br)cc1F. The summed E-state index contributed by atoms with van der Waals surface area (Å²) in [5.41, 5.74) is 0.763. The molecule has 0 heterocycles. The number of rotatable bonds is 3. The number of hydrogen-bond donors (Lipinski definition) is 1. The molecule has 1 aliphatic rings. The molecule has 1 atom stereocenters. The van der Waals surface area contributed by atoms with Gasteiger partial charge in [-0.25, -0.2) is 4.39 Å². The highest BCUT2D eigenvalue weighted by molar-refractivity contribution is 9.10. The monoisotopic (exact) mass is 299 g/mol. The molecule has 0 amide bonds. The Bertz CT molecular complexity index is 374. The van der Waals surface area contributed by atoms with Gasteiger partial charge in [-0.1, -0.05) is 41.3 Å². The highest BCUT2D eigenvalue weighted by Crippen LogP contribution is 2.24. The van der Waals surface area contributed by atoms with Gasteiger partial charge in [-0.05, 0) is 31.9 Å². The first kappa shape index (κ1) is 13.0. The van der Waals surface area contributed by atoms with Gasteiger partial charge in [0.25, 0.3) is 0 Å². The Morgan fingerprint density at radius 3 is 2.65 bits per heavy atom. The molecule has 1 fully saturated rings. The van der Waals surface area contributed by atoms with E-state index in [2.05, 4.69) is 21.2 Å². The van der Waals surface area contributed by atoms with Gasteiger partial charge in [0.2, 0.25) is 0 Å². The van der Waals surface area contributed by atoms with E-state index in [-0.39, 0.29) is 11.9 Å². The van der Waals surface area contributed by atoms with Gasteiger partial charge in [0.15, 0.2) is 0 Å². The Kier molecular flexibility index (Phi) is 4.57. The van der Waals surface area contributed by atoms with E-state index in [1.54, 1.807) is 0 Å². The lowest BCUT2D eigenvalue weighted by Gasteiger charge is -2.27. The average molecular weight is 300 g/mol. The molecule has 0 aliphatic heterocycles. The zero-order valence-electron chi connectivity index (χ0n) is 10.2. The topological polar surface area (TPSA) is 12.0 Å². The number of hydrogen-bond acceptors (Lipinski definition) is 1. The van der Waals surface area contributed by atoms with Crippen LogP contribution >= 0.6 is 15.9 Å². The molecule has 3 heteroatoms. The van der Waals surface area contributed by atoms with Crippen molar-refractivity contribution in [3.63, 3.8) is 0 Å². The summed E-state index contributed by atoms with van der Waals surface area (Å²) < 4.78 is 14.6. The van der Waals surface area contributed by atoms with Crippen LogP contribution in [0.1, 0.15) is 50.6 Å². The third-order valence-electron chi connectivity index (χ3n) is 3.52. The van der Waals surface area contributed by atoms with Crippen LogP contribution in [0.2, 0.25) is 0 Å². The maximum absolute atomic E-state index is 13.8. The molecule has 1 aromatic rings. The van der Waals surface area contributed by atoms with Gasteiger partial charge in [-0.3, -0.25) is 0 Å². The van der Waals surface area contributed by atoms with Crippen LogP contribution in [-0.2, 0) is 0 Å². The van der Waals surface area contributed by atoms with Crippen molar-refractivity contribution in [2.45, 2.75) is 51.1 Å². The number of halogens is 2. The van der Waals surface area contributed by atoms with Crippen LogP contribution in [0.25, 0.3) is 0 Å². The molecule has 94 valence electrons. The first-order chi connectivity index (χ1) is 8.16. The molecule has 1 aromatic carbocycles. The molecule has 0 spiro atoms. The Morgan fingerprint density at radius 2 is 2.00 bits per heavy atom. The smallest absolute Gasteiger partial charge is 0.129 e. The zero-order chi connectivity index (χ0) is 12.3. The molecular formula is C14H19BrFN. The summed E-state index contributed by atoms with van der Waals surface area (Å²) >= 11 is 3.28. The van der Waals surface area contributed by atoms with Crippen LogP contribution in [-0.4, -0.2) is 6.04 Å². The van der Waals surface area contributed by atoms with Crippen LogP contribution in [0.15, 0.2) is 22.7 Å². The van der Waals surface area contributed by atoms with E-state index in [0.717, 1.165) is 10.0 Å². The van der Waals surface area contributed by atoms with Crippen molar-refractivity contribution >= 4 is 15.9 Å². The lowest BCUT2D eigenvalue weighted by molar-refractivity contribution is 0.343. The minimum atomic E-state index is -0.129. The fourth-order valence-corrected chi connectivity index (χ4v) is 2.90. The van der Waals surface area contributed by atoms with Crippen LogP contribution in [0, 0.1) is 5.82 Å².